The van der Waals surface area contributed by atoms with Crippen molar-refractivity contribution >= 4 is 23.6 Å². The highest BCUT2D eigenvalue weighted by Crippen LogP contribution is 2.31. The van der Waals surface area contributed by atoms with E-state index in [1.807, 2.05) is 15.9 Å². The van der Waals surface area contributed by atoms with Gasteiger partial charge in [0.1, 0.15) is 6.10 Å². The molecule has 1 saturated carbocycles. The fraction of sp³-hybridized carbons (Fsp3) is 0.667. The summed E-state index contributed by atoms with van der Waals surface area (Å²) in [5, 5.41) is 2.38. The van der Waals surface area contributed by atoms with Crippen LogP contribution in [0.3, 0.4) is 0 Å². The molecule has 194 valence electrons. The minimum absolute atomic E-state index is 0.00320. The molecule has 0 aromatic carbocycles. The smallest absolute Gasteiger partial charge is 0.234 e. The summed E-state index contributed by atoms with van der Waals surface area (Å²) in [6.45, 7) is 2.97. The van der Waals surface area contributed by atoms with Gasteiger partial charge in [0.2, 0.25) is 29.5 Å². The first-order valence-corrected chi connectivity index (χ1v) is 13.5. The van der Waals surface area contributed by atoms with E-state index < -0.39 is 0 Å². The van der Waals surface area contributed by atoms with Gasteiger partial charge >= 0.3 is 0 Å². The lowest BCUT2D eigenvalue weighted by molar-refractivity contribution is -0.138. The van der Waals surface area contributed by atoms with Crippen LogP contribution < -0.4 is 10.1 Å². The van der Waals surface area contributed by atoms with Crippen LogP contribution in [0.15, 0.2) is 18.3 Å². The molecule has 3 saturated heterocycles. The van der Waals surface area contributed by atoms with Gasteiger partial charge in [-0.3, -0.25) is 24.5 Å². The molecular formula is C27H36N4O5. The second-order valence-electron chi connectivity index (χ2n) is 10.7. The third kappa shape index (κ3) is 5.55. The van der Waals surface area contributed by atoms with Gasteiger partial charge in [0.15, 0.2) is 0 Å². The molecular weight excluding hydrogens is 460 g/mol. The van der Waals surface area contributed by atoms with Crippen LogP contribution in [0.4, 0.5) is 0 Å². The van der Waals surface area contributed by atoms with Crippen LogP contribution in [0, 0.1) is 11.8 Å². The summed E-state index contributed by atoms with van der Waals surface area (Å²) in [7, 11) is 0. The highest BCUT2D eigenvalue weighted by molar-refractivity contribution is 6.00. The molecule has 5 rings (SSSR count). The molecule has 0 bridgehead atoms. The lowest BCUT2D eigenvalue weighted by Gasteiger charge is -2.31. The van der Waals surface area contributed by atoms with Gasteiger partial charge in [-0.05, 0) is 63.4 Å². The molecule has 1 aliphatic carbocycles. The van der Waals surface area contributed by atoms with E-state index >= 15 is 0 Å². The Morgan fingerprint density at radius 1 is 0.861 bits per heavy atom. The molecule has 4 amide bonds. The molecule has 0 spiro atoms. The monoisotopic (exact) mass is 496 g/mol. The van der Waals surface area contributed by atoms with Crippen LogP contribution in [-0.2, 0) is 19.2 Å². The molecule has 4 heterocycles. The number of imide groups is 1. The average Bonchev–Trinajstić information content (AvgIpc) is 3.40. The van der Waals surface area contributed by atoms with Gasteiger partial charge in [-0.25, -0.2) is 4.98 Å². The van der Waals surface area contributed by atoms with Crippen LogP contribution in [0.25, 0.3) is 0 Å². The fourth-order valence-electron chi connectivity index (χ4n) is 6.07. The van der Waals surface area contributed by atoms with E-state index in [0.717, 1.165) is 63.6 Å². The van der Waals surface area contributed by atoms with Crippen molar-refractivity contribution in [3.05, 3.63) is 23.9 Å². The van der Waals surface area contributed by atoms with Gasteiger partial charge in [0.25, 0.3) is 0 Å². The van der Waals surface area contributed by atoms with Crippen molar-refractivity contribution in [3.63, 3.8) is 0 Å². The zero-order chi connectivity index (χ0) is 25.1. The van der Waals surface area contributed by atoms with Crippen LogP contribution in [0.1, 0.15) is 75.7 Å². The normalized spacial score (nSPS) is 29.1. The van der Waals surface area contributed by atoms with Gasteiger partial charge in [-0.2, -0.15) is 0 Å². The van der Waals surface area contributed by atoms with E-state index in [9.17, 15) is 19.2 Å². The number of hydrogen-bond donors (Lipinski definition) is 1. The molecule has 4 fully saturated rings. The first-order valence-electron chi connectivity index (χ1n) is 13.5. The predicted octanol–water partition coefficient (Wildman–Crippen LogP) is 2.40. The van der Waals surface area contributed by atoms with E-state index in [2.05, 4.69) is 10.3 Å². The maximum Gasteiger partial charge on any atom is 0.234 e. The number of nitrogens with zero attached hydrogens (tertiary/aromatic N) is 3. The Balaban J connectivity index is 1.07. The third-order valence-electron chi connectivity index (χ3n) is 8.23. The Morgan fingerprint density at radius 3 is 2.31 bits per heavy atom. The van der Waals surface area contributed by atoms with Crippen LogP contribution in [-0.4, -0.2) is 70.7 Å². The van der Waals surface area contributed by atoms with Crippen molar-refractivity contribution < 1.29 is 23.9 Å². The Morgan fingerprint density at radius 2 is 1.61 bits per heavy atom. The van der Waals surface area contributed by atoms with E-state index in [-0.39, 0.29) is 47.5 Å². The van der Waals surface area contributed by atoms with Gasteiger partial charge in [-0.15, -0.1) is 0 Å². The lowest BCUT2D eigenvalue weighted by Crippen LogP contribution is -2.42. The topological polar surface area (TPSA) is 109 Å². The zero-order valence-corrected chi connectivity index (χ0v) is 20.8. The molecule has 36 heavy (non-hydrogen) atoms. The SMILES string of the molecule is O=C1CCC(c2ccc(OC3CCC(C(=O)N4CC[C@@H](C(=O)N5CCCCC5)C4)CC3)nc2)C(=O)N1. The Labute approximate surface area is 211 Å². The quantitative estimate of drug-likeness (QED) is 0.627. The maximum atomic E-state index is 13.1. The standard InChI is InChI=1S/C27H36N4O5/c32-23-10-9-22(25(33)29-23)19-6-11-24(28-16-19)36-21-7-4-18(5-8-21)26(34)31-15-12-20(17-31)27(35)30-13-2-1-3-14-30/h6,11,16,18,20-22H,1-5,7-10,12-15,17H2,(H,29,32,33)/t18?,20-,21?,22?/m1/s1. The number of pyridine rings is 1. The first kappa shape index (κ1) is 24.7. The summed E-state index contributed by atoms with van der Waals surface area (Å²) in [4.78, 5) is 57.7. The number of rotatable bonds is 5. The summed E-state index contributed by atoms with van der Waals surface area (Å²) in [5.41, 5.74) is 0.782. The highest BCUT2D eigenvalue weighted by atomic mass is 16.5. The maximum absolute atomic E-state index is 13.1. The minimum Gasteiger partial charge on any atom is -0.474 e. The number of likely N-dealkylation sites (tertiary alicyclic amines) is 2. The summed E-state index contributed by atoms with van der Waals surface area (Å²) in [6, 6.07) is 3.62. The molecule has 1 aromatic rings. The third-order valence-corrected chi connectivity index (χ3v) is 8.23. The lowest BCUT2D eigenvalue weighted by atomic mass is 9.86. The number of carbonyl (C=O) groups is 4. The van der Waals surface area contributed by atoms with E-state index in [4.69, 9.17) is 4.74 Å². The van der Waals surface area contributed by atoms with Crippen LogP contribution in [0.2, 0.25) is 0 Å². The molecule has 0 radical (unpaired) electrons. The number of amides is 4. The number of nitrogens with one attached hydrogen (secondary N) is 1. The number of carbonyl (C=O) groups excluding carboxylic acids is 4. The van der Waals surface area contributed by atoms with Crippen LogP contribution >= 0.6 is 0 Å². The predicted molar refractivity (Wildman–Crippen MR) is 131 cm³/mol. The van der Waals surface area contributed by atoms with Crippen molar-refractivity contribution in [2.24, 2.45) is 11.8 Å². The zero-order valence-electron chi connectivity index (χ0n) is 20.8. The Kier molecular flexibility index (Phi) is 7.53. The second-order valence-corrected chi connectivity index (χ2v) is 10.7. The molecule has 1 aromatic heterocycles. The molecule has 9 heteroatoms. The van der Waals surface area contributed by atoms with Gasteiger partial charge in [0.05, 0.1) is 11.8 Å². The fourth-order valence-corrected chi connectivity index (χ4v) is 6.07. The molecule has 2 atom stereocenters. The summed E-state index contributed by atoms with van der Waals surface area (Å²) in [6.07, 6.45) is 9.78. The van der Waals surface area contributed by atoms with E-state index in [1.54, 1.807) is 12.3 Å². The number of hydrogen-bond acceptors (Lipinski definition) is 6. The van der Waals surface area contributed by atoms with Crippen molar-refractivity contribution in [1.82, 2.24) is 20.1 Å². The average molecular weight is 497 g/mol. The van der Waals surface area contributed by atoms with E-state index in [1.165, 1.54) is 6.42 Å². The summed E-state index contributed by atoms with van der Waals surface area (Å²) in [5.74, 6) is 0.0360. The van der Waals surface area contributed by atoms with Crippen LogP contribution in [0.5, 0.6) is 5.88 Å². The van der Waals surface area contributed by atoms with Gasteiger partial charge in [-0.1, -0.05) is 6.07 Å². The molecule has 1 unspecified atom stereocenters. The van der Waals surface area contributed by atoms with Crippen molar-refractivity contribution in [3.8, 4) is 5.88 Å². The van der Waals surface area contributed by atoms with Crippen molar-refractivity contribution in [1.29, 1.82) is 0 Å². The van der Waals surface area contributed by atoms with E-state index in [0.29, 0.717) is 31.8 Å². The number of aromatic nitrogens is 1. The summed E-state index contributed by atoms with van der Waals surface area (Å²) < 4.78 is 6.07. The molecule has 4 aliphatic rings. The number of piperidine rings is 2. The first-order chi connectivity index (χ1) is 17.5. The Hall–Kier alpha value is -2.97. The van der Waals surface area contributed by atoms with Gasteiger partial charge < -0.3 is 14.5 Å². The molecule has 1 N–H and O–H groups in total. The number of ether oxygens (including phenoxy) is 1. The Bertz CT molecular complexity index is 982. The molecule has 3 aliphatic heterocycles. The largest absolute Gasteiger partial charge is 0.474 e. The second kappa shape index (κ2) is 11.0. The van der Waals surface area contributed by atoms with Gasteiger partial charge in [0, 0.05) is 50.8 Å². The highest BCUT2D eigenvalue weighted by Gasteiger charge is 2.37. The molecule has 9 nitrogen and oxygen atoms in total. The minimum atomic E-state index is -0.356. The van der Waals surface area contributed by atoms with Crippen molar-refractivity contribution in [2.75, 3.05) is 26.2 Å². The summed E-state index contributed by atoms with van der Waals surface area (Å²) >= 11 is 0. The van der Waals surface area contributed by atoms with Crippen molar-refractivity contribution in [2.45, 2.75) is 76.2 Å².